The molecule has 0 atom stereocenters. The molecule has 0 fully saturated rings. The lowest BCUT2D eigenvalue weighted by molar-refractivity contribution is 0.127. The highest BCUT2D eigenvalue weighted by atomic mass is 16.5. The van der Waals surface area contributed by atoms with Crippen LogP contribution in [0, 0.1) is 5.41 Å². The van der Waals surface area contributed by atoms with Crippen LogP contribution < -0.4 is 10.1 Å². The highest BCUT2D eigenvalue weighted by molar-refractivity contribution is 5.46. The van der Waals surface area contributed by atoms with Crippen molar-refractivity contribution in [1.82, 2.24) is 0 Å². The molecule has 0 unspecified atom stereocenters. The molecular formula is C15H25NO2. The van der Waals surface area contributed by atoms with Gasteiger partial charge >= 0.3 is 0 Å². The van der Waals surface area contributed by atoms with E-state index in [0.29, 0.717) is 6.61 Å². The number of rotatable bonds is 8. The number of hydrogen-bond donors (Lipinski definition) is 2. The fourth-order valence-electron chi connectivity index (χ4n) is 1.90. The maximum Gasteiger partial charge on any atom is 0.119 e. The molecular weight excluding hydrogens is 226 g/mol. The molecule has 0 bridgehead atoms. The molecule has 102 valence electrons. The van der Waals surface area contributed by atoms with Gasteiger partial charge in [0.05, 0.1) is 13.2 Å². The number of ether oxygens (including phenoxy) is 1. The monoisotopic (exact) mass is 251 g/mol. The van der Waals surface area contributed by atoms with E-state index < -0.39 is 0 Å². The van der Waals surface area contributed by atoms with E-state index in [1.807, 2.05) is 31.2 Å². The van der Waals surface area contributed by atoms with Crippen LogP contribution in [0.15, 0.2) is 24.3 Å². The minimum Gasteiger partial charge on any atom is -0.494 e. The zero-order valence-corrected chi connectivity index (χ0v) is 11.7. The topological polar surface area (TPSA) is 41.5 Å². The SMILES string of the molecule is CCOc1ccc(NCC(CC)(CC)CO)cc1. The Kier molecular flexibility index (Phi) is 5.99. The van der Waals surface area contributed by atoms with Gasteiger partial charge in [-0.3, -0.25) is 0 Å². The summed E-state index contributed by atoms with van der Waals surface area (Å²) in [5, 5.41) is 12.9. The van der Waals surface area contributed by atoms with Crippen molar-refractivity contribution in [3.63, 3.8) is 0 Å². The minimum atomic E-state index is -0.0153. The third-order valence-corrected chi connectivity index (χ3v) is 3.67. The van der Waals surface area contributed by atoms with E-state index in [-0.39, 0.29) is 12.0 Å². The van der Waals surface area contributed by atoms with Gasteiger partial charge in [-0.1, -0.05) is 13.8 Å². The fraction of sp³-hybridized carbons (Fsp3) is 0.600. The van der Waals surface area contributed by atoms with Gasteiger partial charge in [-0.2, -0.15) is 0 Å². The molecule has 0 saturated heterocycles. The van der Waals surface area contributed by atoms with Crippen molar-refractivity contribution in [2.24, 2.45) is 5.41 Å². The highest BCUT2D eigenvalue weighted by Crippen LogP contribution is 2.26. The van der Waals surface area contributed by atoms with Crippen LogP contribution >= 0.6 is 0 Å². The predicted octanol–water partition coefficient (Wildman–Crippen LogP) is 3.30. The first-order valence-corrected chi connectivity index (χ1v) is 6.77. The average molecular weight is 251 g/mol. The lowest BCUT2D eigenvalue weighted by Crippen LogP contribution is -2.32. The third-order valence-electron chi connectivity index (χ3n) is 3.67. The zero-order chi connectivity index (χ0) is 13.4. The second-order valence-electron chi connectivity index (χ2n) is 4.68. The standard InChI is InChI=1S/C15H25NO2/c1-4-15(5-2,12-17)11-16-13-7-9-14(10-8-13)18-6-3/h7-10,16-17H,4-6,11-12H2,1-3H3. The summed E-state index contributed by atoms with van der Waals surface area (Å²) in [6.07, 6.45) is 1.95. The van der Waals surface area contributed by atoms with Gasteiger partial charge in [0, 0.05) is 17.6 Å². The Morgan fingerprint density at radius 1 is 1.11 bits per heavy atom. The van der Waals surface area contributed by atoms with Crippen LogP contribution in [0.1, 0.15) is 33.6 Å². The predicted molar refractivity (Wildman–Crippen MR) is 76.2 cm³/mol. The number of aliphatic hydroxyl groups is 1. The summed E-state index contributed by atoms with van der Waals surface area (Å²) in [5.74, 6) is 0.891. The summed E-state index contributed by atoms with van der Waals surface area (Å²) in [6.45, 7) is 7.93. The van der Waals surface area contributed by atoms with E-state index in [1.54, 1.807) is 0 Å². The molecule has 18 heavy (non-hydrogen) atoms. The van der Waals surface area contributed by atoms with Crippen LogP contribution in [0.25, 0.3) is 0 Å². The molecule has 1 aromatic rings. The average Bonchev–Trinajstić information content (AvgIpc) is 2.43. The smallest absolute Gasteiger partial charge is 0.119 e. The van der Waals surface area contributed by atoms with Crippen LogP contribution in [-0.4, -0.2) is 24.9 Å². The molecule has 0 aromatic heterocycles. The Bertz CT molecular complexity index is 323. The summed E-state index contributed by atoms with van der Waals surface area (Å²) in [7, 11) is 0. The van der Waals surface area contributed by atoms with Gasteiger partial charge in [0.2, 0.25) is 0 Å². The largest absolute Gasteiger partial charge is 0.494 e. The molecule has 0 heterocycles. The van der Waals surface area contributed by atoms with Crippen molar-refractivity contribution in [3.05, 3.63) is 24.3 Å². The molecule has 0 saturated carbocycles. The molecule has 3 nitrogen and oxygen atoms in total. The summed E-state index contributed by atoms with van der Waals surface area (Å²) >= 11 is 0. The van der Waals surface area contributed by atoms with E-state index in [0.717, 1.165) is 30.8 Å². The normalized spacial score (nSPS) is 11.3. The summed E-state index contributed by atoms with van der Waals surface area (Å²) < 4.78 is 5.40. The molecule has 2 N–H and O–H groups in total. The third kappa shape index (κ3) is 3.91. The molecule has 0 aliphatic rings. The molecule has 0 radical (unpaired) electrons. The van der Waals surface area contributed by atoms with Gasteiger partial charge in [-0.25, -0.2) is 0 Å². The molecule has 1 rings (SSSR count). The lowest BCUT2D eigenvalue weighted by Gasteiger charge is -2.30. The van der Waals surface area contributed by atoms with Crippen molar-refractivity contribution < 1.29 is 9.84 Å². The van der Waals surface area contributed by atoms with Gasteiger partial charge in [0.25, 0.3) is 0 Å². The molecule has 0 spiro atoms. The Labute approximate surface area is 110 Å². The fourth-order valence-corrected chi connectivity index (χ4v) is 1.90. The van der Waals surface area contributed by atoms with Crippen molar-refractivity contribution in [1.29, 1.82) is 0 Å². The van der Waals surface area contributed by atoms with Crippen molar-refractivity contribution in [2.75, 3.05) is 25.1 Å². The summed E-state index contributed by atoms with van der Waals surface area (Å²) in [4.78, 5) is 0. The first-order chi connectivity index (χ1) is 8.69. The second kappa shape index (κ2) is 7.27. The van der Waals surface area contributed by atoms with Crippen molar-refractivity contribution in [2.45, 2.75) is 33.6 Å². The van der Waals surface area contributed by atoms with E-state index >= 15 is 0 Å². The zero-order valence-electron chi connectivity index (χ0n) is 11.7. The number of anilines is 1. The van der Waals surface area contributed by atoms with Gasteiger partial charge in [0.1, 0.15) is 5.75 Å². The lowest BCUT2D eigenvalue weighted by atomic mass is 9.83. The maximum atomic E-state index is 9.51. The Morgan fingerprint density at radius 2 is 1.72 bits per heavy atom. The number of nitrogens with one attached hydrogen (secondary N) is 1. The van der Waals surface area contributed by atoms with E-state index in [1.165, 1.54) is 0 Å². The van der Waals surface area contributed by atoms with Gasteiger partial charge in [-0.15, -0.1) is 0 Å². The van der Waals surface area contributed by atoms with E-state index in [4.69, 9.17) is 4.74 Å². The highest BCUT2D eigenvalue weighted by Gasteiger charge is 2.24. The van der Waals surface area contributed by atoms with Crippen molar-refractivity contribution in [3.8, 4) is 5.75 Å². The molecule has 0 aliphatic heterocycles. The first kappa shape index (κ1) is 14.8. The van der Waals surface area contributed by atoms with Crippen LogP contribution in [0.3, 0.4) is 0 Å². The van der Waals surface area contributed by atoms with Crippen LogP contribution in [0.5, 0.6) is 5.75 Å². The molecule has 0 amide bonds. The van der Waals surface area contributed by atoms with Crippen LogP contribution in [0.2, 0.25) is 0 Å². The first-order valence-electron chi connectivity index (χ1n) is 6.77. The molecule has 0 aliphatic carbocycles. The number of benzene rings is 1. The van der Waals surface area contributed by atoms with Gasteiger partial charge in [-0.05, 0) is 44.0 Å². The van der Waals surface area contributed by atoms with Gasteiger partial charge < -0.3 is 15.2 Å². The number of hydrogen-bond acceptors (Lipinski definition) is 3. The Hall–Kier alpha value is -1.22. The number of aliphatic hydroxyl groups excluding tert-OH is 1. The van der Waals surface area contributed by atoms with Crippen LogP contribution in [-0.2, 0) is 0 Å². The van der Waals surface area contributed by atoms with E-state index in [2.05, 4.69) is 19.2 Å². The molecule has 1 aromatic carbocycles. The summed E-state index contributed by atoms with van der Waals surface area (Å²) in [5.41, 5.74) is 1.05. The van der Waals surface area contributed by atoms with Crippen LogP contribution in [0.4, 0.5) is 5.69 Å². The Balaban J connectivity index is 2.57. The second-order valence-corrected chi connectivity index (χ2v) is 4.68. The molecule has 3 heteroatoms. The maximum absolute atomic E-state index is 9.51. The van der Waals surface area contributed by atoms with Gasteiger partial charge in [0.15, 0.2) is 0 Å². The quantitative estimate of drug-likeness (QED) is 0.745. The Morgan fingerprint density at radius 3 is 2.17 bits per heavy atom. The minimum absolute atomic E-state index is 0.0153. The summed E-state index contributed by atoms with van der Waals surface area (Å²) in [6, 6.07) is 7.95. The van der Waals surface area contributed by atoms with E-state index in [9.17, 15) is 5.11 Å². The van der Waals surface area contributed by atoms with Crippen molar-refractivity contribution >= 4 is 5.69 Å².